The van der Waals surface area contributed by atoms with Crippen LogP contribution in [0.5, 0.6) is 5.75 Å². The second kappa shape index (κ2) is 7.66. The molecule has 6 heteroatoms. The van der Waals surface area contributed by atoms with E-state index in [9.17, 15) is 14.7 Å². The Kier molecular flexibility index (Phi) is 5.83. The van der Waals surface area contributed by atoms with Gasteiger partial charge in [0.25, 0.3) is 5.91 Å². The number of phenolic OH excluding ortho intramolecular Hbond substituents is 1. The zero-order chi connectivity index (χ0) is 17.9. The molecule has 1 aromatic carbocycles. The van der Waals surface area contributed by atoms with Crippen LogP contribution in [0.3, 0.4) is 0 Å². The van der Waals surface area contributed by atoms with Gasteiger partial charge in [0.1, 0.15) is 11.3 Å². The van der Waals surface area contributed by atoms with Gasteiger partial charge in [-0.3, -0.25) is 4.79 Å². The minimum atomic E-state index is -0.878. The summed E-state index contributed by atoms with van der Waals surface area (Å²) in [5, 5.41) is 10.2. The van der Waals surface area contributed by atoms with Crippen molar-refractivity contribution >= 4 is 11.9 Å². The van der Waals surface area contributed by atoms with Gasteiger partial charge in [-0.2, -0.15) is 0 Å². The Morgan fingerprint density at radius 1 is 1.21 bits per heavy atom. The van der Waals surface area contributed by atoms with E-state index in [4.69, 9.17) is 9.47 Å². The van der Waals surface area contributed by atoms with E-state index in [1.807, 2.05) is 20.8 Å². The molecule has 0 aromatic heterocycles. The molecule has 2 rings (SSSR count). The summed E-state index contributed by atoms with van der Waals surface area (Å²) in [6.07, 6.45) is -0.878. The van der Waals surface area contributed by atoms with Gasteiger partial charge in [0, 0.05) is 13.1 Å². The minimum Gasteiger partial charge on any atom is -0.507 e. The number of phenols is 1. The van der Waals surface area contributed by atoms with E-state index in [1.165, 1.54) is 6.07 Å². The maximum Gasteiger partial charge on any atom is 0.342 e. The molecule has 0 saturated carbocycles. The van der Waals surface area contributed by atoms with E-state index < -0.39 is 12.1 Å². The minimum absolute atomic E-state index is 0.0820. The predicted molar refractivity (Wildman–Crippen MR) is 89.0 cm³/mol. The number of aromatic hydroxyl groups is 1. The van der Waals surface area contributed by atoms with Crippen LogP contribution in [0.1, 0.15) is 35.3 Å². The number of morpholine rings is 1. The number of carbonyl (C=O) groups excluding carboxylic acids is 2. The standard InChI is InChI=1S/C18H25NO5/c1-11(2)16(17(21)19-7-9-23-10-8-19)24-18(22)14-6-5-12(3)13(4)15(14)20/h5-6,11,16,20H,7-10H2,1-4H3/t16-/m1/s1. The summed E-state index contributed by atoms with van der Waals surface area (Å²) in [6, 6.07) is 3.27. The molecule has 24 heavy (non-hydrogen) atoms. The molecule has 1 saturated heterocycles. The largest absolute Gasteiger partial charge is 0.507 e. The lowest BCUT2D eigenvalue weighted by atomic mass is 10.0. The highest BCUT2D eigenvalue weighted by molar-refractivity contribution is 5.95. The molecule has 1 aliphatic heterocycles. The number of ether oxygens (including phenoxy) is 2. The first-order chi connectivity index (χ1) is 11.3. The molecule has 1 atom stereocenters. The molecule has 0 aliphatic carbocycles. The SMILES string of the molecule is Cc1ccc(C(=O)O[C@@H](C(=O)N2CCOCC2)C(C)C)c(O)c1C. The molecule has 1 fully saturated rings. The fourth-order valence-corrected chi connectivity index (χ4v) is 2.58. The Morgan fingerprint density at radius 3 is 2.42 bits per heavy atom. The van der Waals surface area contributed by atoms with Gasteiger partial charge in [0.2, 0.25) is 0 Å². The fraction of sp³-hybridized carbons (Fsp3) is 0.556. The van der Waals surface area contributed by atoms with Crippen LogP contribution in [0.15, 0.2) is 12.1 Å². The second-order valence-electron chi connectivity index (χ2n) is 6.41. The van der Waals surface area contributed by atoms with E-state index in [1.54, 1.807) is 17.9 Å². The van der Waals surface area contributed by atoms with Gasteiger partial charge >= 0.3 is 5.97 Å². The highest BCUT2D eigenvalue weighted by Crippen LogP contribution is 2.26. The third-order valence-corrected chi connectivity index (χ3v) is 4.33. The third kappa shape index (κ3) is 3.87. The van der Waals surface area contributed by atoms with Crippen molar-refractivity contribution in [2.45, 2.75) is 33.8 Å². The number of amides is 1. The van der Waals surface area contributed by atoms with Crippen molar-refractivity contribution in [3.63, 3.8) is 0 Å². The lowest BCUT2D eigenvalue weighted by molar-refractivity contribution is -0.147. The van der Waals surface area contributed by atoms with Crippen LogP contribution in [0.25, 0.3) is 0 Å². The van der Waals surface area contributed by atoms with E-state index in [2.05, 4.69) is 0 Å². The molecule has 0 unspecified atom stereocenters. The maximum absolute atomic E-state index is 12.6. The van der Waals surface area contributed by atoms with Crippen LogP contribution in [0.4, 0.5) is 0 Å². The summed E-state index contributed by atoms with van der Waals surface area (Å²) >= 11 is 0. The monoisotopic (exact) mass is 335 g/mol. The summed E-state index contributed by atoms with van der Waals surface area (Å²) in [5.74, 6) is -1.17. The van der Waals surface area contributed by atoms with Crippen molar-refractivity contribution in [1.82, 2.24) is 4.90 Å². The maximum atomic E-state index is 12.6. The number of rotatable bonds is 4. The summed E-state index contributed by atoms with van der Waals surface area (Å²) in [4.78, 5) is 26.8. The first-order valence-corrected chi connectivity index (χ1v) is 8.19. The number of aryl methyl sites for hydroxylation is 1. The second-order valence-corrected chi connectivity index (χ2v) is 6.41. The van der Waals surface area contributed by atoms with Crippen LogP contribution in [-0.2, 0) is 14.3 Å². The van der Waals surface area contributed by atoms with Crippen LogP contribution in [-0.4, -0.2) is 54.3 Å². The van der Waals surface area contributed by atoms with E-state index >= 15 is 0 Å². The van der Waals surface area contributed by atoms with Gasteiger partial charge in [-0.1, -0.05) is 19.9 Å². The highest BCUT2D eigenvalue weighted by Gasteiger charge is 2.32. The van der Waals surface area contributed by atoms with E-state index in [0.29, 0.717) is 31.9 Å². The van der Waals surface area contributed by atoms with Gasteiger partial charge < -0.3 is 19.5 Å². The number of hydrogen-bond donors (Lipinski definition) is 1. The van der Waals surface area contributed by atoms with Crippen molar-refractivity contribution in [1.29, 1.82) is 0 Å². The number of hydrogen-bond acceptors (Lipinski definition) is 5. The first kappa shape index (κ1) is 18.3. The smallest absolute Gasteiger partial charge is 0.342 e. The zero-order valence-corrected chi connectivity index (χ0v) is 14.7. The van der Waals surface area contributed by atoms with Gasteiger partial charge in [0.05, 0.1) is 13.2 Å². The van der Waals surface area contributed by atoms with Crippen LogP contribution < -0.4 is 0 Å². The summed E-state index contributed by atoms with van der Waals surface area (Å²) in [5.41, 5.74) is 1.59. The van der Waals surface area contributed by atoms with Crippen molar-refractivity contribution < 1.29 is 24.2 Å². The Labute approximate surface area is 142 Å². The Bertz CT molecular complexity index is 620. The topological polar surface area (TPSA) is 76.1 Å². The van der Waals surface area contributed by atoms with Crippen LogP contribution in [0, 0.1) is 19.8 Å². The molecule has 0 spiro atoms. The summed E-state index contributed by atoms with van der Waals surface area (Å²) in [6.45, 7) is 9.21. The Balaban J connectivity index is 2.17. The van der Waals surface area contributed by atoms with Crippen molar-refractivity contribution in [3.8, 4) is 5.75 Å². The summed E-state index contributed by atoms with van der Waals surface area (Å²) < 4.78 is 10.7. The average molecular weight is 335 g/mol. The van der Waals surface area contributed by atoms with Gasteiger partial charge in [-0.25, -0.2) is 4.79 Å². The lowest BCUT2D eigenvalue weighted by Crippen LogP contribution is -2.48. The Hall–Kier alpha value is -2.08. The number of benzene rings is 1. The van der Waals surface area contributed by atoms with E-state index in [0.717, 1.165) is 5.56 Å². The molecule has 1 N–H and O–H groups in total. The molecule has 6 nitrogen and oxygen atoms in total. The summed E-state index contributed by atoms with van der Waals surface area (Å²) in [7, 11) is 0. The molecule has 1 aromatic rings. The van der Waals surface area contributed by atoms with Gasteiger partial charge in [-0.05, 0) is 37.0 Å². The fourth-order valence-electron chi connectivity index (χ4n) is 2.58. The number of esters is 1. The zero-order valence-electron chi connectivity index (χ0n) is 14.7. The van der Waals surface area contributed by atoms with Gasteiger partial charge in [0.15, 0.2) is 6.10 Å². The lowest BCUT2D eigenvalue weighted by Gasteiger charge is -2.31. The van der Waals surface area contributed by atoms with Crippen LogP contribution in [0.2, 0.25) is 0 Å². The van der Waals surface area contributed by atoms with Crippen molar-refractivity contribution in [3.05, 3.63) is 28.8 Å². The molecule has 1 aliphatic rings. The van der Waals surface area contributed by atoms with Gasteiger partial charge in [-0.15, -0.1) is 0 Å². The number of nitrogens with zero attached hydrogens (tertiary/aromatic N) is 1. The molecule has 1 heterocycles. The molecule has 0 radical (unpaired) electrons. The normalized spacial score (nSPS) is 16.1. The van der Waals surface area contributed by atoms with Crippen molar-refractivity contribution in [2.24, 2.45) is 5.92 Å². The predicted octanol–water partition coefficient (Wildman–Crippen LogP) is 2.05. The first-order valence-electron chi connectivity index (χ1n) is 8.19. The number of carbonyl (C=O) groups is 2. The molecule has 0 bridgehead atoms. The molecular weight excluding hydrogens is 310 g/mol. The van der Waals surface area contributed by atoms with Crippen molar-refractivity contribution in [2.75, 3.05) is 26.3 Å². The highest BCUT2D eigenvalue weighted by atomic mass is 16.5. The average Bonchev–Trinajstić information content (AvgIpc) is 2.57. The van der Waals surface area contributed by atoms with E-state index in [-0.39, 0.29) is 23.1 Å². The quantitative estimate of drug-likeness (QED) is 0.852. The molecular formula is C18H25NO5. The molecule has 1 amide bonds. The Morgan fingerprint density at radius 2 is 1.83 bits per heavy atom. The molecule has 132 valence electrons. The van der Waals surface area contributed by atoms with Crippen LogP contribution >= 0.6 is 0 Å². The third-order valence-electron chi connectivity index (χ3n) is 4.33.